The molecule has 0 aliphatic rings. The van der Waals surface area contributed by atoms with Crippen LogP contribution in [0, 0.1) is 17.5 Å². The second-order valence-electron chi connectivity index (χ2n) is 5.76. The molecule has 2 nitrogen and oxygen atoms in total. The van der Waals surface area contributed by atoms with Crippen molar-refractivity contribution in [3.05, 3.63) is 105 Å². The smallest absolute Gasteiger partial charge is 0.237 e. The monoisotopic (exact) mass is 449 g/mol. The summed E-state index contributed by atoms with van der Waals surface area (Å²) in [6.07, 6.45) is 0. The second-order valence-corrected chi connectivity index (χ2v) is 6.61. The lowest BCUT2D eigenvalue weighted by Crippen LogP contribution is -2.43. The first kappa shape index (κ1) is 21.7. The summed E-state index contributed by atoms with van der Waals surface area (Å²) in [6.45, 7) is 4.00. The molecular formula is C22H19BrF3NO. The van der Waals surface area contributed by atoms with E-state index < -0.39 is 28.8 Å². The van der Waals surface area contributed by atoms with E-state index in [-0.39, 0.29) is 4.47 Å². The Morgan fingerprint density at radius 1 is 0.786 bits per heavy atom. The molecule has 0 saturated carbocycles. The van der Waals surface area contributed by atoms with Gasteiger partial charge in [-0.2, -0.15) is 0 Å². The molecule has 0 aliphatic heterocycles. The van der Waals surface area contributed by atoms with Gasteiger partial charge in [-0.1, -0.05) is 44.2 Å². The number of rotatable bonds is 4. The van der Waals surface area contributed by atoms with Gasteiger partial charge in [-0.25, -0.2) is 13.2 Å². The molecule has 0 heterocycles. The van der Waals surface area contributed by atoms with Crippen molar-refractivity contribution < 1.29 is 18.0 Å². The number of amides is 1. The minimum absolute atomic E-state index is 0.143. The SMILES string of the molecule is CC.NC(=O)C(c1ccc(F)cc1)(c1ccc(F)cc1)c1ccc(F)c(Br)c1. The van der Waals surface area contributed by atoms with Gasteiger partial charge in [0, 0.05) is 0 Å². The topological polar surface area (TPSA) is 43.1 Å². The van der Waals surface area contributed by atoms with Crippen LogP contribution in [0.25, 0.3) is 0 Å². The van der Waals surface area contributed by atoms with Crippen LogP contribution in [0.15, 0.2) is 71.2 Å². The van der Waals surface area contributed by atoms with E-state index in [4.69, 9.17) is 5.73 Å². The molecule has 0 aliphatic carbocycles. The maximum atomic E-state index is 13.7. The Labute approximate surface area is 170 Å². The van der Waals surface area contributed by atoms with E-state index in [0.29, 0.717) is 16.7 Å². The predicted molar refractivity (Wildman–Crippen MR) is 107 cm³/mol. The molecule has 1 amide bonds. The maximum Gasteiger partial charge on any atom is 0.237 e. The van der Waals surface area contributed by atoms with Gasteiger partial charge in [-0.05, 0) is 69.0 Å². The number of hydrogen-bond donors (Lipinski definition) is 1. The van der Waals surface area contributed by atoms with Crippen molar-refractivity contribution in [1.29, 1.82) is 0 Å². The highest BCUT2D eigenvalue weighted by molar-refractivity contribution is 9.10. The maximum absolute atomic E-state index is 13.7. The Morgan fingerprint density at radius 3 is 1.54 bits per heavy atom. The largest absolute Gasteiger partial charge is 0.368 e. The molecule has 0 saturated heterocycles. The van der Waals surface area contributed by atoms with Crippen LogP contribution in [-0.4, -0.2) is 5.91 Å². The quantitative estimate of drug-likeness (QED) is 0.509. The molecule has 0 atom stereocenters. The molecule has 2 N–H and O–H groups in total. The zero-order valence-electron chi connectivity index (χ0n) is 15.3. The Morgan fingerprint density at radius 2 is 1.18 bits per heavy atom. The summed E-state index contributed by atoms with van der Waals surface area (Å²) in [6, 6.07) is 14.6. The van der Waals surface area contributed by atoms with Crippen molar-refractivity contribution in [2.75, 3.05) is 0 Å². The van der Waals surface area contributed by atoms with Crippen molar-refractivity contribution in [3.63, 3.8) is 0 Å². The van der Waals surface area contributed by atoms with Gasteiger partial charge in [0.15, 0.2) is 0 Å². The molecule has 0 fully saturated rings. The number of halogens is 4. The van der Waals surface area contributed by atoms with Gasteiger partial charge < -0.3 is 5.73 Å². The van der Waals surface area contributed by atoms with E-state index in [2.05, 4.69) is 15.9 Å². The number of primary amides is 1. The van der Waals surface area contributed by atoms with Crippen LogP contribution in [0.2, 0.25) is 0 Å². The summed E-state index contributed by atoms with van der Waals surface area (Å²) in [7, 11) is 0. The van der Waals surface area contributed by atoms with Gasteiger partial charge >= 0.3 is 0 Å². The van der Waals surface area contributed by atoms with Crippen molar-refractivity contribution in [2.45, 2.75) is 19.3 Å². The van der Waals surface area contributed by atoms with Gasteiger partial charge in [0.25, 0.3) is 0 Å². The summed E-state index contributed by atoms with van der Waals surface area (Å²) in [4.78, 5) is 12.7. The summed E-state index contributed by atoms with van der Waals surface area (Å²) in [5, 5.41) is 0. The second kappa shape index (κ2) is 9.06. The number of carbonyl (C=O) groups is 1. The first-order valence-corrected chi connectivity index (χ1v) is 9.42. The number of benzene rings is 3. The molecule has 0 spiro atoms. The molecule has 3 rings (SSSR count). The summed E-state index contributed by atoms with van der Waals surface area (Å²) >= 11 is 3.11. The van der Waals surface area contributed by atoms with Crippen LogP contribution in [0.1, 0.15) is 30.5 Å². The van der Waals surface area contributed by atoms with E-state index in [1.165, 1.54) is 66.7 Å². The van der Waals surface area contributed by atoms with E-state index in [9.17, 15) is 18.0 Å². The predicted octanol–water partition coefficient (Wildman–Crippen LogP) is 5.71. The van der Waals surface area contributed by atoms with E-state index in [0.717, 1.165) is 0 Å². The van der Waals surface area contributed by atoms with Gasteiger partial charge in [0.05, 0.1) is 4.47 Å². The highest BCUT2D eigenvalue weighted by atomic mass is 79.9. The molecule has 0 unspecified atom stereocenters. The average Bonchev–Trinajstić information content (AvgIpc) is 2.69. The Balaban J connectivity index is 0.00000136. The normalized spacial score (nSPS) is 10.8. The van der Waals surface area contributed by atoms with Gasteiger partial charge in [0.2, 0.25) is 5.91 Å². The lowest BCUT2D eigenvalue weighted by Gasteiger charge is -2.32. The summed E-state index contributed by atoms with van der Waals surface area (Å²) in [5.74, 6) is -2.22. The number of hydrogen-bond acceptors (Lipinski definition) is 1. The van der Waals surface area contributed by atoms with Crippen LogP contribution in [0.5, 0.6) is 0 Å². The van der Waals surface area contributed by atoms with Crippen LogP contribution in [-0.2, 0) is 10.2 Å². The fraction of sp³-hybridized carbons (Fsp3) is 0.136. The Bertz CT molecular complexity index is 911. The third-order valence-corrected chi connectivity index (χ3v) is 4.88. The van der Waals surface area contributed by atoms with Crippen LogP contribution in [0.4, 0.5) is 13.2 Å². The molecule has 3 aromatic carbocycles. The summed E-state index contributed by atoms with van der Waals surface area (Å²) in [5.41, 5.74) is 5.40. The van der Waals surface area contributed by atoms with Gasteiger partial charge in [-0.3, -0.25) is 4.79 Å². The first-order chi connectivity index (χ1) is 13.4. The average molecular weight is 450 g/mol. The third kappa shape index (κ3) is 3.97. The first-order valence-electron chi connectivity index (χ1n) is 8.63. The van der Waals surface area contributed by atoms with E-state index in [1.807, 2.05) is 13.8 Å². The van der Waals surface area contributed by atoms with Crippen molar-refractivity contribution in [1.82, 2.24) is 0 Å². The fourth-order valence-electron chi connectivity index (χ4n) is 3.06. The standard InChI is InChI=1S/C20H13BrF3NO.C2H6/c21-17-11-14(5-10-18(17)24)20(19(25)26,12-1-6-15(22)7-2-12)13-3-8-16(23)9-4-13;1-2/h1-11H,(H2,25,26);1-2H3. The molecule has 28 heavy (non-hydrogen) atoms. The van der Waals surface area contributed by atoms with Crippen LogP contribution in [0.3, 0.4) is 0 Å². The summed E-state index contributed by atoms with van der Waals surface area (Å²) < 4.78 is 40.7. The zero-order valence-corrected chi connectivity index (χ0v) is 16.9. The number of nitrogens with two attached hydrogens (primary N) is 1. The minimum Gasteiger partial charge on any atom is -0.368 e. The minimum atomic E-state index is -1.54. The van der Waals surface area contributed by atoms with Gasteiger partial charge in [0.1, 0.15) is 22.9 Å². The molecule has 3 aromatic rings. The molecule has 6 heteroatoms. The van der Waals surface area contributed by atoms with E-state index >= 15 is 0 Å². The van der Waals surface area contributed by atoms with Crippen molar-refractivity contribution in [2.24, 2.45) is 5.73 Å². The lowest BCUT2D eigenvalue weighted by atomic mass is 9.69. The van der Waals surface area contributed by atoms with Crippen molar-refractivity contribution >= 4 is 21.8 Å². The Hall–Kier alpha value is -2.60. The molecule has 146 valence electrons. The molecule has 0 bridgehead atoms. The molecular weight excluding hydrogens is 431 g/mol. The van der Waals surface area contributed by atoms with Crippen LogP contribution >= 0.6 is 15.9 Å². The third-order valence-electron chi connectivity index (χ3n) is 4.28. The van der Waals surface area contributed by atoms with E-state index in [1.54, 1.807) is 0 Å². The highest BCUT2D eigenvalue weighted by Gasteiger charge is 2.42. The Kier molecular flexibility index (Phi) is 7.02. The highest BCUT2D eigenvalue weighted by Crippen LogP contribution is 2.40. The molecule has 0 radical (unpaired) electrons. The van der Waals surface area contributed by atoms with Crippen molar-refractivity contribution in [3.8, 4) is 0 Å². The van der Waals surface area contributed by atoms with Crippen LogP contribution < -0.4 is 5.73 Å². The molecule has 0 aromatic heterocycles. The lowest BCUT2D eigenvalue weighted by molar-refractivity contribution is -0.120. The zero-order chi connectivity index (χ0) is 20.9. The number of carbonyl (C=O) groups excluding carboxylic acids is 1. The van der Waals surface area contributed by atoms with Gasteiger partial charge in [-0.15, -0.1) is 0 Å². The fourth-order valence-corrected chi connectivity index (χ4v) is 3.43.